The van der Waals surface area contributed by atoms with Crippen molar-refractivity contribution < 1.29 is 0 Å². The number of hydrogen-bond donors (Lipinski definition) is 0. The predicted molar refractivity (Wildman–Crippen MR) is 286 cm³/mol. The molecular weight excluding hydrogens is 793 g/mol. The Labute approximate surface area is 390 Å². The monoisotopic (exact) mass is 844 g/mol. The first-order valence-corrected chi connectivity index (χ1v) is 22.5. The van der Waals surface area contributed by atoms with Gasteiger partial charge in [-0.2, -0.15) is 0 Å². The van der Waals surface area contributed by atoms with Gasteiger partial charge in [-0.25, -0.2) is 0 Å². The van der Waals surface area contributed by atoms with Crippen LogP contribution in [0.25, 0.3) is 76.8 Å². The van der Waals surface area contributed by atoms with E-state index in [4.69, 9.17) is 0 Å². The van der Waals surface area contributed by atoms with Gasteiger partial charge in [-0.15, -0.1) is 0 Å². The van der Waals surface area contributed by atoms with E-state index >= 15 is 0 Å². The van der Waals surface area contributed by atoms with Crippen LogP contribution in [-0.2, 0) is 0 Å². The summed E-state index contributed by atoms with van der Waals surface area (Å²) in [4.78, 5) is 0. The molecule has 0 aliphatic rings. The average Bonchev–Trinajstić information content (AvgIpc) is 3.44. The molecular formula is C66H52. The molecule has 0 nitrogen and oxygen atoms in total. The molecule has 0 aliphatic heterocycles. The molecule has 12 rings (SSSR count). The van der Waals surface area contributed by atoms with Crippen molar-refractivity contribution in [2.24, 2.45) is 0 Å². The lowest BCUT2D eigenvalue weighted by atomic mass is 9.95. The molecule has 12 aromatic rings. The van der Waals surface area contributed by atoms with Crippen LogP contribution in [0.3, 0.4) is 0 Å². The van der Waals surface area contributed by atoms with Crippen LogP contribution in [0, 0.1) is 0 Å². The van der Waals surface area contributed by atoms with E-state index in [1.54, 1.807) is 0 Å². The Morgan fingerprint density at radius 3 is 0.288 bits per heavy atom. The summed E-state index contributed by atoms with van der Waals surface area (Å²) >= 11 is 0. The highest BCUT2D eigenvalue weighted by Gasteiger charge is 2.06. The second-order valence-corrected chi connectivity index (χ2v) is 15.6. The molecule has 12 aromatic carbocycles. The van der Waals surface area contributed by atoms with Crippen LogP contribution < -0.4 is 0 Å². The van der Waals surface area contributed by atoms with Crippen molar-refractivity contribution in [3.63, 3.8) is 0 Å². The summed E-state index contributed by atoms with van der Waals surface area (Å²) in [5, 5.41) is 8.04. The lowest BCUT2D eigenvalue weighted by molar-refractivity contribution is 1.62. The van der Waals surface area contributed by atoms with Crippen molar-refractivity contribution in [3.8, 4) is 44.5 Å². The average molecular weight is 845 g/mol. The molecule has 0 saturated heterocycles. The molecule has 0 saturated carbocycles. The van der Waals surface area contributed by atoms with Crippen molar-refractivity contribution in [1.29, 1.82) is 0 Å². The van der Waals surface area contributed by atoms with E-state index < -0.39 is 0 Å². The smallest absolute Gasteiger partial charge is 0.00990 e. The molecule has 0 amide bonds. The van der Waals surface area contributed by atoms with Gasteiger partial charge in [0.1, 0.15) is 0 Å². The first-order chi connectivity index (χ1) is 32.8. The van der Waals surface area contributed by atoms with Crippen molar-refractivity contribution in [2.75, 3.05) is 0 Å². The third-order valence-electron chi connectivity index (χ3n) is 11.2. The molecule has 66 heavy (non-hydrogen) atoms. The molecule has 0 spiro atoms. The Balaban J connectivity index is 0.000000114. The SMILES string of the molecule is c1ccc(-c2ccccc2)cc1.c1ccc(-c2ccccc2)cc1.c1ccc(-c2ccccc2)cc1.c1ccc(-c2ccccc2)cc1.c1ccc2c(c1)c1ccccc1c1ccccc21. The van der Waals surface area contributed by atoms with Crippen LogP contribution in [0.5, 0.6) is 0 Å². The molecule has 0 aliphatic carbocycles. The Morgan fingerprint density at radius 2 is 0.182 bits per heavy atom. The van der Waals surface area contributed by atoms with Crippen LogP contribution in [-0.4, -0.2) is 0 Å². The van der Waals surface area contributed by atoms with Gasteiger partial charge in [0.25, 0.3) is 0 Å². The molecule has 0 fully saturated rings. The van der Waals surface area contributed by atoms with E-state index in [9.17, 15) is 0 Å². The third kappa shape index (κ3) is 12.1. The number of rotatable bonds is 4. The Bertz CT molecular complexity index is 2560. The lowest BCUT2D eigenvalue weighted by Crippen LogP contribution is -1.81. The van der Waals surface area contributed by atoms with E-state index in [2.05, 4.69) is 267 Å². The highest BCUT2D eigenvalue weighted by molar-refractivity contribution is 6.25. The van der Waals surface area contributed by atoms with Crippen LogP contribution in [0.4, 0.5) is 0 Å². The van der Waals surface area contributed by atoms with Gasteiger partial charge in [-0.1, -0.05) is 315 Å². The highest BCUT2D eigenvalue weighted by atomic mass is 14.1. The molecule has 0 aromatic heterocycles. The van der Waals surface area contributed by atoms with Crippen molar-refractivity contribution in [1.82, 2.24) is 0 Å². The maximum atomic E-state index is 2.21. The summed E-state index contributed by atoms with van der Waals surface area (Å²) in [6.07, 6.45) is 0. The summed E-state index contributed by atoms with van der Waals surface area (Å²) in [5.74, 6) is 0. The minimum absolute atomic E-state index is 1.28. The van der Waals surface area contributed by atoms with Gasteiger partial charge in [0.15, 0.2) is 0 Å². The largest absolute Gasteiger partial charge is 0.0622 e. The molecule has 0 N–H and O–H groups in total. The van der Waals surface area contributed by atoms with Gasteiger partial charge in [0, 0.05) is 0 Å². The summed E-state index contributed by atoms with van der Waals surface area (Å²) in [6.45, 7) is 0. The zero-order valence-electron chi connectivity index (χ0n) is 37.0. The molecule has 0 heterocycles. The maximum absolute atomic E-state index is 2.21. The Kier molecular flexibility index (Phi) is 15.8. The first-order valence-electron chi connectivity index (χ1n) is 22.5. The van der Waals surface area contributed by atoms with Crippen molar-refractivity contribution >= 4 is 32.3 Å². The van der Waals surface area contributed by atoms with E-state index in [0.29, 0.717) is 0 Å². The fourth-order valence-corrected chi connectivity index (χ4v) is 7.90. The number of hydrogen-bond acceptors (Lipinski definition) is 0. The van der Waals surface area contributed by atoms with Gasteiger partial charge in [-0.3, -0.25) is 0 Å². The molecule has 0 radical (unpaired) electrons. The standard InChI is InChI=1S/C18H12.4C12H10/c1-2-8-14-13(7-1)15-9-3-4-11-17(15)18-12-6-5-10-16(14)18;4*1-3-7-11(8-4-1)12-9-5-2-6-10-12/h1-12H;4*1-10H. The Morgan fingerprint density at radius 1 is 0.0909 bits per heavy atom. The summed E-state index contributed by atoms with van der Waals surface area (Å²) in [6, 6.07) is 109. The van der Waals surface area contributed by atoms with Gasteiger partial charge in [0.2, 0.25) is 0 Å². The third-order valence-corrected chi connectivity index (χ3v) is 11.2. The minimum Gasteiger partial charge on any atom is -0.0622 e. The minimum atomic E-state index is 1.28. The number of benzene rings is 12. The lowest BCUT2D eigenvalue weighted by Gasteiger charge is -2.09. The normalized spacial score (nSPS) is 10.1. The fourth-order valence-electron chi connectivity index (χ4n) is 7.90. The zero-order valence-corrected chi connectivity index (χ0v) is 37.0. The molecule has 0 atom stereocenters. The molecule has 0 unspecified atom stereocenters. The topological polar surface area (TPSA) is 0 Å². The predicted octanol–water partition coefficient (Wildman–Crippen LogP) is 18.6. The van der Waals surface area contributed by atoms with Gasteiger partial charge in [0.05, 0.1) is 0 Å². The van der Waals surface area contributed by atoms with Gasteiger partial charge in [-0.05, 0) is 76.8 Å². The van der Waals surface area contributed by atoms with Crippen LogP contribution in [0.1, 0.15) is 0 Å². The van der Waals surface area contributed by atoms with Crippen molar-refractivity contribution in [3.05, 3.63) is 315 Å². The van der Waals surface area contributed by atoms with E-state index in [0.717, 1.165) is 0 Å². The van der Waals surface area contributed by atoms with Crippen LogP contribution in [0.2, 0.25) is 0 Å². The Hall–Kier alpha value is -8.58. The first kappa shape index (κ1) is 44.0. The summed E-state index contributed by atoms with van der Waals surface area (Å²) in [5.41, 5.74) is 10.2. The second-order valence-electron chi connectivity index (χ2n) is 15.6. The second kappa shape index (κ2) is 23.7. The van der Waals surface area contributed by atoms with Crippen molar-refractivity contribution in [2.45, 2.75) is 0 Å². The zero-order chi connectivity index (χ0) is 44.9. The van der Waals surface area contributed by atoms with Gasteiger partial charge >= 0.3 is 0 Å². The van der Waals surface area contributed by atoms with Gasteiger partial charge < -0.3 is 0 Å². The highest BCUT2D eigenvalue weighted by Crippen LogP contribution is 2.34. The van der Waals surface area contributed by atoms with E-state index in [1.165, 1.54) is 76.8 Å². The molecule has 0 bridgehead atoms. The number of fused-ring (bicyclic) bond motifs is 6. The van der Waals surface area contributed by atoms with E-state index in [1.807, 2.05) is 48.5 Å². The maximum Gasteiger partial charge on any atom is -0.00990 e. The van der Waals surface area contributed by atoms with E-state index in [-0.39, 0.29) is 0 Å². The molecule has 0 heteroatoms. The molecule has 316 valence electrons. The van der Waals surface area contributed by atoms with Crippen LogP contribution in [0.15, 0.2) is 315 Å². The quantitative estimate of drug-likeness (QED) is 0.155. The van der Waals surface area contributed by atoms with Crippen LogP contribution >= 0.6 is 0 Å². The summed E-state index contributed by atoms with van der Waals surface area (Å²) < 4.78 is 0. The fraction of sp³-hybridized carbons (Fsp3) is 0. The summed E-state index contributed by atoms with van der Waals surface area (Å²) in [7, 11) is 0.